The van der Waals surface area contributed by atoms with Gasteiger partial charge < -0.3 is 14.9 Å². The van der Waals surface area contributed by atoms with Gasteiger partial charge in [0.15, 0.2) is 5.43 Å². The van der Waals surface area contributed by atoms with E-state index < -0.39 is 0 Å². The minimum atomic E-state index is -0.0707. The van der Waals surface area contributed by atoms with Crippen LogP contribution in [0.25, 0.3) is 22.1 Å². The molecule has 0 amide bonds. The molecule has 0 aliphatic heterocycles. The molecule has 1 heterocycles. The number of anilines is 1. The predicted molar refractivity (Wildman–Crippen MR) is 78.9 cm³/mol. The number of hydrogen-bond acceptors (Lipinski definition) is 4. The molecule has 0 spiro atoms. The molecule has 0 radical (unpaired) electrons. The molecule has 0 saturated heterocycles. The van der Waals surface area contributed by atoms with Gasteiger partial charge >= 0.3 is 0 Å². The maximum Gasteiger partial charge on any atom is 0.200 e. The average molecular weight is 267 g/mol. The summed E-state index contributed by atoms with van der Waals surface area (Å²) >= 11 is 0. The number of nitrogen functional groups attached to an aromatic ring is 1. The number of fused-ring (bicyclic) bond motifs is 1. The highest BCUT2D eigenvalue weighted by Gasteiger charge is 2.09. The fraction of sp³-hybridized carbons (Fsp3) is 0.0625. The Balaban J connectivity index is 2.21. The van der Waals surface area contributed by atoms with E-state index >= 15 is 0 Å². The van der Waals surface area contributed by atoms with Crippen molar-refractivity contribution in [1.82, 2.24) is 0 Å². The summed E-state index contributed by atoms with van der Waals surface area (Å²) in [6.07, 6.45) is 1.47. The zero-order valence-electron chi connectivity index (χ0n) is 10.9. The first-order chi connectivity index (χ1) is 9.69. The number of benzene rings is 2. The van der Waals surface area contributed by atoms with Crippen molar-refractivity contribution in [2.75, 3.05) is 12.8 Å². The van der Waals surface area contributed by atoms with Gasteiger partial charge in [-0.3, -0.25) is 4.79 Å². The second kappa shape index (κ2) is 4.74. The van der Waals surface area contributed by atoms with Gasteiger partial charge in [0.25, 0.3) is 0 Å². The number of nitrogens with two attached hydrogens (primary N) is 1. The van der Waals surface area contributed by atoms with E-state index in [1.807, 2.05) is 0 Å². The maximum absolute atomic E-state index is 12.5. The van der Waals surface area contributed by atoms with Crippen LogP contribution in [0.4, 0.5) is 5.69 Å². The van der Waals surface area contributed by atoms with Crippen molar-refractivity contribution >= 4 is 16.7 Å². The van der Waals surface area contributed by atoms with Crippen molar-refractivity contribution in [3.63, 3.8) is 0 Å². The highest BCUT2D eigenvalue weighted by molar-refractivity contribution is 5.82. The Morgan fingerprint density at radius 3 is 2.55 bits per heavy atom. The van der Waals surface area contributed by atoms with E-state index in [2.05, 4.69) is 0 Å². The highest BCUT2D eigenvalue weighted by atomic mass is 16.5. The molecule has 0 aliphatic rings. The summed E-state index contributed by atoms with van der Waals surface area (Å²) in [5.74, 6) is 0.654. The van der Waals surface area contributed by atoms with Crippen molar-refractivity contribution < 1.29 is 9.15 Å². The first kappa shape index (κ1) is 12.3. The van der Waals surface area contributed by atoms with E-state index in [0.29, 0.717) is 28.0 Å². The van der Waals surface area contributed by atoms with Crippen molar-refractivity contribution in [3.05, 3.63) is 59.0 Å². The molecule has 0 saturated carbocycles. The molecule has 2 N–H and O–H groups in total. The highest BCUT2D eigenvalue weighted by Crippen LogP contribution is 2.23. The fourth-order valence-electron chi connectivity index (χ4n) is 2.10. The number of hydrogen-bond donors (Lipinski definition) is 1. The van der Waals surface area contributed by atoms with E-state index in [9.17, 15) is 4.79 Å². The smallest absolute Gasteiger partial charge is 0.200 e. The van der Waals surface area contributed by atoms with Crippen LogP contribution in [0, 0.1) is 0 Å². The third kappa shape index (κ3) is 2.01. The van der Waals surface area contributed by atoms with E-state index in [1.165, 1.54) is 6.26 Å². The van der Waals surface area contributed by atoms with Gasteiger partial charge in [-0.25, -0.2) is 0 Å². The predicted octanol–water partition coefficient (Wildman–Crippen LogP) is 3.05. The van der Waals surface area contributed by atoms with Gasteiger partial charge in [-0.2, -0.15) is 0 Å². The van der Waals surface area contributed by atoms with Gasteiger partial charge in [0, 0.05) is 11.8 Å². The Kier molecular flexibility index (Phi) is 2.91. The van der Waals surface area contributed by atoms with E-state index in [-0.39, 0.29) is 5.43 Å². The zero-order chi connectivity index (χ0) is 14.1. The Bertz CT molecular complexity index is 819. The molecule has 0 atom stereocenters. The minimum Gasteiger partial charge on any atom is -0.497 e. The Hall–Kier alpha value is -2.75. The van der Waals surface area contributed by atoms with Crippen LogP contribution in [0.3, 0.4) is 0 Å². The maximum atomic E-state index is 12.5. The SMILES string of the molecule is COc1ccc2c(=O)c(-c3ccc(N)cc3)coc2c1. The normalized spacial score (nSPS) is 10.7. The first-order valence-electron chi connectivity index (χ1n) is 6.14. The number of ether oxygens (including phenoxy) is 1. The van der Waals surface area contributed by atoms with Crippen LogP contribution in [0.15, 0.2) is 57.9 Å². The first-order valence-corrected chi connectivity index (χ1v) is 6.14. The van der Waals surface area contributed by atoms with Gasteiger partial charge in [0.05, 0.1) is 18.1 Å². The van der Waals surface area contributed by atoms with Crippen LogP contribution in [0.1, 0.15) is 0 Å². The van der Waals surface area contributed by atoms with Gasteiger partial charge in [0.1, 0.15) is 17.6 Å². The summed E-state index contributed by atoms with van der Waals surface area (Å²) in [6.45, 7) is 0. The molecule has 4 nitrogen and oxygen atoms in total. The lowest BCUT2D eigenvalue weighted by molar-refractivity contribution is 0.414. The topological polar surface area (TPSA) is 65.5 Å². The van der Waals surface area contributed by atoms with Gasteiger partial charge in [-0.1, -0.05) is 12.1 Å². The largest absolute Gasteiger partial charge is 0.497 e. The lowest BCUT2D eigenvalue weighted by atomic mass is 10.1. The summed E-state index contributed by atoms with van der Waals surface area (Å²) in [4.78, 5) is 12.5. The number of methoxy groups -OCH3 is 1. The molecule has 1 aromatic heterocycles. The van der Waals surface area contributed by atoms with Crippen LogP contribution in [-0.4, -0.2) is 7.11 Å². The third-order valence-corrected chi connectivity index (χ3v) is 3.20. The quantitative estimate of drug-likeness (QED) is 0.725. The van der Waals surface area contributed by atoms with Gasteiger partial charge in [0.2, 0.25) is 0 Å². The molecule has 0 unspecified atom stereocenters. The molecular weight excluding hydrogens is 254 g/mol. The molecular formula is C16H13NO3. The summed E-state index contributed by atoms with van der Waals surface area (Å²) in [6, 6.07) is 12.3. The van der Waals surface area contributed by atoms with E-state index in [4.69, 9.17) is 14.9 Å². The molecule has 20 heavy (non-hydrogen) atoms. The van der Waals surface area contributed by atoms with Crippen LogP contribution in [0.2, 0.25) is 0 Å². The number of rotatable bonds is 2. The lowest BCUT2D eigenvalue weighted by Crippen LogP contribution is -2.04. The van der Waals surface area contributed by atoms with E-state index in [0.717, 1.165) is 5.56 Å². The molecule has 0 bridgehead atoms. The van der Waals surface area contributed by atoms with Crippen molar-refractivity contribution in [2.24, 2.45) is 0 Å². The molecule has 3 aromatic rings. The molecule has 3 rings (SSSR count). The van der Waals surface area contributed by atoms with Gasteiger partial charge in [-0.15, -0.1) is 0 Å². The van der Waals surface area contributed by atoms with Crippen molar-refractivity contribution in [3.8, 4) is 16.9 Å². The Labute approximate surface area is 115 Å². The van der Waals surface area contributed by atoms with Gasteiger partial charge in [-0.05, 0) is 29.8 Å². The lowest BCUT2D eigenvalue weighted by Gasteiger charge is -2.04. The molecule has 0 fully saturated rings. The van der Waals surface area contributed by atoms with Crippen LogP contribution >= 0.6 is 0 Å². The molecule has 2 aromatic carbocycles. The third-order valence-electron chi connectivity index (χ3n) is 3.20. The Morgan fingerprint density at radius 1 is 1.10 bits per heavy atom. The fourth-order valence-corrected chi connectivity index (χ4v) is 2.10. The van der Waals surface area contributed by atoms with Crippen LogP contribution in [0.5, 0.6) is 5.75 Å². The summed E-state index contributed by atoms with van der Waals surface area (Å²) < 4.78 is 10.7. The van der Waals surface area contributed by atoms with E-state index in [1.54, 1.807) is 49.6 Å². The molecule has 0 aliphatic carbocycles. The molecule has 100 valence electrons. The summed E-state index contributed by atoms with van der Waals surface area (Å²) in [5, 5.41) is 0.528. The molecule has 4 heteroatoms. The van der Waals surface area contributed by atoms with Crippen LogP contribution < -0.4 is 15.9 Å². The van der Waals surface area contributed by atoms with Crippen LogP contribution in [-0.2, 0) is 0 Å². The monoisotopic (exact) mass is 267 g/mol. The second-order valence-electron chi connectivity index (χ2n) is 4.46. The van der Waals surface area contributed by atoms with Crippen molar-refractivity contribution in [2.45, 2.75) is 0 Å². The van der Waals surface area contributed by atoms with Crippen molar-refractivity contribution in [1.29, 1.82) is 0 Å². The Morgan fingerprint density at radius 2 is 1.85 bits per heavy atom. The average Bonchev–Trinajstić information content (AvgIpc) is 2.48. The summed E-state index contributed by atoms with van der Waals surface area (Å²) in [5.41, 5.74) is 8.04. The summed E-state index contributed by atoms with van der Waals surface area (Å²) in [7, 11) is 1.57. The zero-order valence-corrected chi connectivity index (χ0v) is 10.9. The standard InChI is InChI=1S/C16H13NO3/c1-19-12-6-7-13-15(8-12)20-9-14(16(13)18)10-2-4-11(17)5-3-10/h2-9H,17H2,1H3. The second-order valence-corrected chi connectivity index (χ2v) is 4.46. The minimum absolute atomic E-state index is 0.0707.